The van der Waals surface area contributed by atoms with Gasteiger partial charge in [-0.25, -0.2) is 0 Å². The standard InChI is InChI=1S/C21H24OS.C8H8O/c1-3-4-5-7-10-17(2)21(22)18-13-15-20(16-14-18)23-19-11-8-6-9-12-19;1-7(9)8-5-3-2-4-6-8/h6,8-9,11-16H,2-5,7,10H2,1H3;2-6H,1H3. The first kappa shape index (κ1) is 25.4. The van der Waals surface area contributed by atoms with Gasteiger partial charge in [0, 0.05) is 20.9 Å². The quantitative estimate of drug-likeness (QED) is 0.179. The van der Waals surface area contributed by atoms with Crippen LogP contribution in [0.2, 0.25) is 0 Å². The molecule has 0 fully saturated rings. The Morgan fingerprint density at radius 3 is 1.81 bits per heavy atom. The molecule has 0 aliphatic heterocycles. The first-order chi connectivity index (χ1) is 15.5. The molecule has 0 spiro atoms. The average molecular weight is 445 g/mol. The molecule has 2 nitrogen and oxygen atoms in total. The maximum absolute atomic E-state index is 12.4. The zero-order valence-corrected chi connectivity index (χ0v) is 19.9. The third kappa shape index (κ3) is 9.07. The topological polar surface area (TPSA) is 34.1 Å². The molecule has 0 bridgehead atoms. The highest BCUT2D eigenvalue weighted by Crippen LogP contribution is 2.27. The Morgan fingerprint density at radius 2 is 1.28 bits per heavy atom. The van der Waals surface area contributed by atoms with Crippen LogP contribution in [0.25, 0.3) is 0 Å². The molecule has 0 atom stereocenters. The number of unbranched alkanes of at least 4 members (excludes halogenated alkanes) is 3. The molecule has 0 radical (unpaired) electrons. The molecule has 0 aliphatic carbocycles. The molecule has 3 heteroatoms. The van der Waals surface area contributed by atoms with Crippen molar-refractivity contribution >= 4 is 23.3 Å². The summed E-state index contributed by atoms with van der Waals surface area (Å²) in [5, 5.41) is 0. The van der Waals surface area contributed by atoms with Gasteiger partial charge in [-0.2, -0.15) is 0 Å². The highest BCUT2D eigenvalue weighted by atomic mass is 32.2. The van der Waals surface area contributed by atoms with Gasteiger partial charge in [-0.3, -0.25) is 9.59 Å². The van der Waals surface area contributed by atoms with Crippen LogP contribution in [0.15, 0.2) is 107 Å². The van der Waals surface area contributed by atoms with E-state index < -0.39 is 0 Å². The van der Waals surface area contributed by atoms with E-state index in [0.29, 0.717) is 0 Å². The van der Waals surface area contributed by atoms with Crippen LogP contribution in [0.1, 0.15) is 66.7 Å². The molecule has 0 N–H and O–H groups in total. The second kappa shape index (κ2) is 14.2. The summed E-state index contributed by atoms with van der Waals surface area (Å²) in [7, 11) is 0. The molecule has 3 rings (SSSR count). The smallest absolute Gasteiger partial charge is 0.188 e. The van der Waals surface area contributed by atoms with E-state index in [-0.39, 0.29) is 11.6 Å². The molecule has 0 saturated heterocycles. The molecule has 0 amide bonds. The molecule has 3 aromatic carbocycles. The Morgan fingerprint density at radius 1 is 0.719 bits per heavy atom. The number of allylic oxidation sites excluding steroid dienone is 1. The molecular formula is C29H32O2S. The molecule has 166 valence electrons. The van der Waals surface area contributed by atoms with Crippen LogP contribution in [0, 0.1) is 0 Å². The molecule has 0 aromatic heterocycles. The van der Waals surface area contributed by atoms with E-state index in [1.165, 1.54) is 24.2 Å². The molecule has 3 aromatic rings. The largest absolute Gasteiger partial charge is 0.295 e. The molecule has 0 aliphatic rings. The van der Waals surface area contributed by atoms with E-state index in [1.54, 1.807) is 18.7 Å². The number of ketones is 2. The van der Waals surface area contributed by atoms with Crippen LogP contribution >= 0.6 is 11.8 Å². The van der Waals surface area contributed by atoms with Crippen molar-refractivity contribution in [2.75, 3.05) is 0 Å². The van der Waals surface area contributed by atoms with E-state index in [2.05, 4.69) is 25.6 Å². The van der Waals surface area contributed by atoms with Gasteiger partial charge in [0.1, 0.15) is 0 Å². The van der Waals surface area contributed by atoms with Gasteiger partial charge in [-0.15, -0.1) is 0 Å². The van der Waals surface area contributed by atoms with Crippen LogP contribution in [0.3, 0.4) is 0 Å². The summed E-state index contributed by atoms with van der Waals surface area (Å²) in [6, 6.07) is 27.3. The number of carbonyl (C=O) groups excluding carboxylic acids is 2. The fourth-order valence-electron chi connectivity index (χ4n) is 3.05. The molecular weight excluding hydrogens is 412 g/mol. The summed E-state index contributed by atoms with van der Waals surface area (Å²) >= 11 is 1.70. The van der Waals surface area contributed by atoms with Gasteiger partial charge < -0.3 is 0 Å². The van der Waals surface area contributed by atoms with Crippen LogP contribution in [-0.2, 0) is 0 Å². The van der Waals surface area contributed by atoms with Crippen LogP contribution in [-0.4, -0.2) is 11.6 Å². The fourth-order valence-corrected chi connectivity index (χ4v) is 3.89. The van der Waals surface area contributed by atoms with E-state index in [0.717, 1.165) is 34.4 Å². The van der Waals surface area contributed by atoms with E-state index in [9.17, 15) is 9.59 Å². The van der Waals surface area contributed by atoms with Crippen LogP contribution < -0.4 is 0 Å². The van der Waals surface area contributed by atoms with Gasteiger partial charge in [0.25, 0.3) is 0 Å². The summed E-state index contributed by atoms with van der Waals surface area (Å²) < 4.78 is 0. The second-order valence-corrected chi connectivity index (χ2v) is 8.75. The Labute approximate surface area is 196 Å². The maximum atomic E-state index is 12.4. The fraction of sp³-hybridized carbons (Fsp3) is 0.241. The van der Waals surface area contributed by atoms with Gasteiger partial charge in [-0.05, 0) is 61.7 Å². The Kier molecular flexibility index (Phi) is 11.3. The Balaban J connectivity index is 0.000000336. The summed E-state index contributed by atoms with van der Waals surface area (Å²) in [6.45, 7) is 7.72. The summed E-state index contributed by atoms with van der Waals surface area (Å²) in [6.07, 6.45) is 5.48. The van der Waals surface area contributed by atoms with Gasteiger partial charge in [0.05, 0.1) is 0 Å². The first-order valence-corrected chi connectivity index (χ1v) is 11.9. The van der Waals surface area contributed by atoms with Crippen LogP contribution in [0.4, 0.5) is 0 Å². The van der Waals surface area contributed by atoms with Crippen molar-refractivity contribution in [3.05, 3.63) is 108 Å². The minimum absolute atomic E-state index is 0.0813. The predicted octanol–water partition coefficient (Wildman–Crippen LogP) is 8.44. The number of rotatable bonds is 10. The lowest BCUT2D eigenvalue weighted by molar-refractivity contribution is 0.101. The zero-order chi connectivity index (χ0) is 23.2. The van der Waals surface area contributed by atoms with Crippen molar-refractivity contribution in [3.8, 4) is 0 Å². The van der Waals surface area contributed by atoms with Gasteiger partial charge in [-0.1, -0.05) is 93.1 Å². The number of Topliss-reactive ketones (excluding diaryl/α,β-unsaturated/α-hetero) is 2. The monoisotopic (exact) mass is 444 g/mol. The van der Waals surface area contributed by atoms with E-state index in [4.69, 9.17) is 0 Å². The highest BCUT2D eigenvalue weighted by Gasteiger charge is 2.10. The molecule has 0 heterocycles. The average Bonchev–Trinajstić information content (AvgIpc) is 2.83. The van der Waals surface area contributed by atoms with E-state index in [1.807, 2.05) is 72.8 Å². The summed E-state index contributed by atoms with van der Waals surface area (Å²) in [4.78, 5) is 25.4. The lowest BCUT2D eigenvalue weighted by atomic mass is 9.99. The lowest BCUT2D eigenvalue weighted by Gasteiger charge is -2.06. The molecule has 0 saturated carbocycles. The third-order valence-corrected chi connectivity index (χ3v) is 5.94. The van der Waals surface area contributed by atoms with Gasteiger partial charge in [0.2, 0.25) is 0 Å². The SMILES string of the molecule is C=C(CCCCCC)C(=O)c1ccc(Sc2ccccc2)cc1.CC(=O)c1ccccc1. The van der Waals surface area contributed by atoms with Crippen molar-refractivity contribution in [3.63, 3.8) is 0 Å². The van der Waals surface area contributed by atoms with Gasteiger partial charge >= 0.3 is 0 Å². The normalized spacial score (nSPS) is 10.1. The Hall–Kier alpha value is -2.91. The van der Waals surface area contributed by atoms with Crippen molar-refractivity contribution in [1.29, 1.82) is 0 Å². The highest BCUT2D eigenvalue weighted by molar-refractivity contribution is 7.99. The Bertz CT molecular complexity index is 977. The minimum atomic E-state index is 0.0813. The second-order valence-electron chi connectivity index (χ2n) is 7.61. The van der Waals surface area contributed by atoms with Crippen molar-refractivity contribution in [2.24, 2.45) is 0 Å². The summed E-state index contributed by atoms with van der Waals surface area (Å²) in [5.41, 5.74) is 2.24. The van der Waals surface area contributed by atoms with Crippen molar-refractivity contribution in [2.45, 2.75) is 55.7 Å². The number of benzene rings is 3. The number of hydrogen-bond acceptors (Lipinski definition) is 3. The van der Waals surface area contributed by atoms with Crippen molar-refractivity contribution < 1.29 is 9.59 Å². The summed E-state index contributed by atoms with van der Waals surface area (Å²) in [5.74, 6) is 0.202. The minimum Gasteiger partial charge on any atom is -0.295 e. The number of hydrogen-bond donors (Lipinski definition) is 0. The first-order valence-electron chi connectivity index (χ1n) is 11.1. The number of carbonyl (C=O) groups is 2. The van der Waals surface area contributed by atoms with Crippen molar-refractivity contribution in [1.82, 2.24) is 0 Å². The lowest BCUT2D eigenvalue weighted by Crippen LogP contribution is -2.02. The molecule has 32 heavy (non-hydrogen) atoms. The molecule has 0 unspecified atom stereocenters. The van der Waals surface area contributed by atoms with E-state index >= 15 is 0 Å². The van der Waals surface area contributed by atoms with Gasteiger partial charge in [0.15, 0.2) is 11.6 Å². The predicted molar refractivity (Wildman–Crippen MR) is 136 cm³/mol. The zero-order valence-electron chi connectivity index (χ0n) is 19.1. The maximum Gasteiger partial charge on any atom is 0.188 e. The third-order valence-electron chi connectivity index (χ3n) is 4.93. The van der Waals surface area contributed by atoms with Crippen LogP contribution in [0.5, 0.6) is 0 Å².